The summed E-state index contributed by atoms with van der Waals surface area (Å²) in [6, 6.07) is 2.13. The fourth-order valence-corrected chi connectivity index (χ4v) is 3.32. The highest BCUT2D eigenvalue weighted by Crippen LogP contribution is 2.17. The van der Waals surface area contributed by atoms with E-state index in [0.29, 0.717) is 26.2 Å². The van der Waals surface area contributed by atoms with Crippen molar-refractivity contribution in [1.29, 1.82) is 5.26 Å². The van der Waals surface area contributed by atoms with Crippen LogP contribution in [0.15, 0.2) is 0 Å². The SMILES string of the molecule is CC(C)NS(=O)(=O)N1CCN(C(C)(C)C#N)CC1. The Bertz CT molecular complexity index is 417. The van der Waals surface area contributed by atoms with Gasteiger partial charge in [-0.15, -0.1) is 0 Å². The normalized spacial score (nSPS) is 20.0. The average Bonchev–Trinajstić information content (AvgIpc) is 2.27. The van der Waals surface area contributed by atoms with E-state index in [-0.39, 0.29) is 6.04 Å². The zero-order chi connectivity index (χ0) is 14.0. The van der Waals surface area contributed by atoms with Gasteiger partial charge in [0.2, 0.25) is 0 Å². The van der Waals surface area contributed by atoms with Gasteiger partial charge in [0, 0.05) is 32.2 Å². The highest BCUT2D eigenvalue weighted by molar-refractivity contribution is 7.87. The molecule has 0 amide bonds. The monoisotopic (exact) mass is 274 g/mol. The van der Waals surface area contributed by atoms with Crippen LogP contribution < -0.4 is 4.72 Å². The third kappa shape index (κ3) is 3.65. The Hall–Kier alpha value is -0.680. The molecule has 6 nitrogen and oxygen atoms in total. The molecule has 0 spiro atoms. The van der Waals surface area contributed by atoms with Crippen molar-refractivity contribution in [1.82, 2.24) is 13.9 Å². The van der Waals surface area contributed by atoms with Gasteiger partial charge in [-0.25, -0.2) is 0 Å². The lowest BCUT2D eigenvalue weighted by atomic mass is 10.0. The van der Waals surface area contributed by atoms with E-state index in [9.17, 15) is 8.42 Å². The second-order valence-electron chi connectivity index (χ2n) is 5.33. The molecule has 18 heavy (non-hydrogen) atoms. The molecule has 1 heterocycles. The first-order valence-corrected chi connectivity index (χ1v) is 7.57. The Morgan fingerprint density at radius 1 is 1.22 bits per heavy atom. The first kappa shape index (κ1) is 15.4. The average molecular weight is 274 g/mol. The molecule has 104 valence electrons. The number of piperazine rings is 1. The Balaban J connectivity index is 2.63. The minimum Gasteiger partial charge on any atom is -0.283 e. The molecule has 0 aromatic heterocycles. The van der Waals surface area contributed by atoms with Crippen LogP contribution in [0, 0.1) is 11.3 Å². The molecular weight excluding hydrogens is 252 g/mol. The van der Waals surface area contributed by atoms with Crippen LogP contribution in [0.3, 0.4) is 0 Å². The molecule has 1 fully saturated rings. The van der Waals surface area contributed by atoms with Gasteiger partial charge in [-0.1, -0.05) is 0 Å². The van der Waals surface area contributed by atoms with Gasteiger partial charge in [-0.3, -0.25) is 4.90 Å². The third-order valence-electron chi connectivity index (χ3n) is 3.03. The molecule has 0 bridgehead atoms. The van der Waals surface area contributed by atoms with Crippen molar-refractivity contribution in [3.63, 3.8) is 0 Å². The van der Waals surface area contributed by atoms with Gasteiger partial charge in [0.15, 0.2) is 0 Å². The predicted molar refractivity (Wildman–Crippen MR) is 70.0 cm³/mol. The molecular formula is C11H22N4O2S. The van der Waals surface area contributed by atoms with Crippen LogP contribution in [0.25, 0.3) is 0 Å². The van der Waals surface area contributed by atoms with Crippen LogP contribution in [0.2, 0.25) is 0 Å². The van der Waals surface area contributed by atoms with Crippen molar-refractivity contribution in [3.8, 4) is 6.07 Å². The molecule has 1 aliphatic heterocycles. The van der Waals surface area contributed by atoms with Crippen molar-refractivity contribution in [3.05, 3.63) is 0 Å². The summed E-state index contributed by atoms with van der Waals surface area (Å²) in [5.41, 5.74) is -0.540. The fourth-order valence-electron chi connectivity index (χ4n) is 1.93. The van der Waals surface area contributed by atoms with Crippen molar-refractivity contribution in [2.45, 2.75) is 39.3 Å². The quantitative estimate of drug-likeness (QED) is 0.791. The van der Waals surface area contributed by atoms with Crippen molar-refractivity contribution >= 4 is 10.2 Å². The summed E-state index contributed by atoms with van der Waals surface area (Å²) in [5, 5.41) is 9.06. The van der Waals surface area contributed by atoms with Crippen molar-refractivity contribution in [2.75, 3.05) is 26.2 Å². The number of nitriles is 1. The molecule has 1 saturated heterocycles. The predicted octanol–water partition coefficient (Wildman–Crippen LogP) is 0.149. The summed E-state index contributed by atoms with van der Waals surface area (Å²) in [6.45, 7) is 9.31. The Morgan fingerprint density at radius 3 is 2.11 bits per heavy atom. The summed E-state index contributed by atoms with van der Waals surface area (Å²) in [7, 11) is -3.38. The zero-order valence-corrected chi connectivity index (χ0v) is 12.3. The van der Waals surface area contributed by atoms with E-state index >= 15 is 0 Å². The van der Waals surface area contributed by atoms with E-state index in [2.05, 4.69) is 10.8 Å². The minimum absolute atomic E-state index is 0.108. The summed E-state index contributed by atoms with van der Waals surface area (Å²) >= 11 is 0. The van der Waals surface area contributed by atoms with Gasteiger partial charge in [0.05, 0.1) is 6.07 Å². The van der Waals surface area contributed by atoms with Crippen LogP contribution >= 0.6 is 0 Å². The van der Waals surface area contributed by atoms with Crippen LogP contribution in [-0.2, 0) is 10.2 Å². The van der Waals surface area contributed by atoms with Crippen LogP contribution in [0.4, 0.5) is 0 Å². The van der Waals surface area contributed by atoms with Gasteiger partial charge in [-0.05, 0) is 27.7 Å². The van der Waals surface area contributed by atoms with Crippen molar-refractivity contribution < 1.29 is 8.42 Å². The van der Waals surface area contributed by atoms with Crippen LogP contribution in [0.1, 0.15) is 27.7 Å². The van der Waals surface area contributed by atoms with E-state index in [0.717, 1.165) is 0 Å². The lowest BCUT2D eigenvalue weighted by Crippen LogP contribution is -2.57. The summed E-state index contributed by atoms with van der Waals surface area (Å²) in [6.07, 6.45) is 0. The summed E-state index contributed by atoms with van der Waals surface area (Å²) in [4.78, 5) is 2.01. The second kappa shape index (κ2) is 5.53. The molecule has 0 atom stereocenters. The van der Waals surface area contributed by atoms with Gasteiger partial charge in [-0.2, -0.15) is 22.7 Å². The summed E-state index contributed by atoms with van der Waals surface area (Å²) in [5.74, 6) is 0. The van der Waals surface area contributed by atoms with Crippen molar-refractivity contribution in [2.24, 2.45) is 0 Å². The highest BCUT2D eigenvalue weighted by atomic mass is 32.2. The molecule has 7 heteroatoms. The smallest absolute Gasteiger partial charge is 0.279 e. The minimum atomic E-state index is -3.38. The lowest BCUT2D eigenvalue weighted by Gasteiger charge is -2.39. The molecule has 1 rings (SSSR count). The Kier molecular flexibility index (Phi) is 4.72. The van der Waals surface area contributed by atoms with E-state index < -0.39 is 15.7 Å². The topological polar surface area (TPSA) is 76.4 Å². The maximum atomic E-state index is 12.0. The summed E-state index contributed by atoms with van der Waals surface area (Å²) < 4.78 is 27.9. The Morgan fingerprint density at radius 2 is 1.72 bits per heavy atom. The number of nitrogens with one attached hydrogen (secondary N) is 1. The van der Waals surface area contributed by atoms with E-state index in [4.69, 9.17) is 5.26 Å². The van der Waals surface area contributed by atoms with Gasteiger partial charge in [0.1, 0.15) is 5.54 Å². The standard InChI is InChI=1S/C11H22N4O2S/c1-10(2)13-18(16,17)15-7-5-14(6-8-15)11(3,4)9-12/h10,13H,5-8H2,1-4H3. The maximum absolute atomic E-state index is 12.0. The molecule has 0 aromatic carbocycles. The number of hydrogen-bond acceptors (Lipinski definition) is 4. The molecule has 0 unspecified atom stereocenters. The number of nitrogens with zero attached hydrogens (tertiary/aromatic N) is 3. The first-order chi connectivity index (χ1) is 8.19. The van der Waals surface area contributed by atoms with Gasteiger partial charge in [0.25, 0.3) is 10.2 Å². The zero-order valence-electron chi connectivity index (χ0n) is 11.5. The van der Waals surface area contributed by atoms with E-state index in [1.54, 1.807) is 13.8 Å². The third-order valence-corrected chi connectivity index (χ3v) is 4.84. The van der Waals surface area contributed by atoms with E-state index in [1.165, 1.54) is 4.31 Å². The molecule has 1 aliphatic rings. The molecule has 0 aliphatic carbocycles. The first-order valence-electron chi connectivity index (χ1n) is 6.13. The van der Waals surface area contributed by atoms with Crippen LogP contribution in [-0.4, -0.2) is 55.4 Å². The number of rotatable bonds is 4. The fraction of sp³-hybridized carbons (Fsp3) is 0.909. The van der Waals surface area contributed by atoms with Crippen LogP contribution in [0.5, 0.6) is 0 Å². The van der Waals surface area contributed by atoms with Gasteiger partial charge >= 0.3 is 0 Å². The molecule has 1 N–H and O–H groups in total. The largest absolute Gasteiger partial charge is 0.283 e. The number of hydrogen-bond donors (Lipinski definition) is 1. The van der Waals surface area contributed by atoms with Gasteiger partial charge < -0.3 is 0 Å². The molecule has 0 saturated carbocycles. The Labute approximate surface area is 110 Å². The lowest BCUT2D eigenvalue weighted by molar-refractivity contribution is 0.115. The maximum Gasteiger partial charge on any atom is 0.279 e. The molecule has 0 aromatic rings. The second-order valence-corrected chi connectivity index (χ2v) is 7.04. The highest BCUT2D eigenvalue weighted by Gasteiger charge is 2.33. The molecule has 0 radical (unpaired) electrons. The van der Waals surface area contributed by atoms with E-state index in [1.807, 2.05) is 18.7 Å².